The van der Waals surface area contributed by atoms with E-state index >= 15 is 0 Å². The maximum Gasteiger partial charge on any atom is 0.314 e. The Morgan fingerprint density at radius 1 is 1.03 bits per heavy atom. The van der Waals surface area contributed by atoms with Crippen LogP contribution in [0.4, 0.5) is 5.69 Å². The van der Waals surface area contributed by atoms with Crippen LogP contribution in [0.25, 0.3) is 0 Å². The highest BCUT2D eigenvalue weighted by atomic mass is 16.6. The van der Waals surface area contributed by atoms with Gasteiger partial charge in [-0.25, -0.2) is 0 Å². The number of esters is 1. The summed E-state index contributed by atoms with van der Waals surface area (Å²) in [7, 11) is 0. The highest BCUT2D eigenvalue weighted by Crippen LogP contribution is 2.28. The van der Waals surface area contributed by atoms with Crippen molar-refractivity contribution in [3.05, 3.63) is 75.8 Å². The van der Waals surface area contributed by atoms with Crippen molar-refractivity contribution >= 4 is 23.5 Å². The summed E-state index contributed by atoms with van der Waals surface area (Å²) in [5.74, 6) is -2.38. The molecule has 2 atom stereocenters. The summed E-state index contributed by atoms with van der Waals surface area (Å²) in [6, 6.07) is 14.1. The van der Waals surface area contributed by atoms with Crippen molar-refractivity contribution in [2.75, 3.05) is 6.61 Å². The van der Waals surface area contributed by atoms with Crippen molar-refractivity contribution < 1.29 is 24.0 Å². The zero-order chi connectivity index (χ0) is 22.1. The Hall–Kier alpha value is -3.75. The van der Waals surface area contributed by atoms with E-state index in [-0.39, 0.29) is 17.2 Å². The quantitative estimate of drug-likeness (QED) is 0.389. The molecule has 2 aromatic rings. The highest BCUT2D eigenvalue weighted by Gasteiger charge is 2.27. The van der Waals surface area contributed by atoms with Crippen LogP contribution in [0.15, 0.2) is 54.6 Å². The topological polar surface area (TPSA) is 128 Å². The van der Waals surface area contributed by atoms with Gasteiger partial charge in [0, 0.05) is 17.7 Å². The molecule has 0 aliphatic carbocycles. The van der Waals surface area contributed by atoms with Gasteiger partial charge < -0.3 is 4.74 Å². The lowest BCUT2D eigenvalue weighted by molar-refractivity contribution is -0.384. The average molecular weight is 413 g/mol. The number of hydrogen-bond acceptors (Lipinski definition) is 6. The molecule has 0 heterocycles. The molecule has 0 radical (unpaired) electrons. The molecule has 0 spiro atoms. The van der Waals surface area contributed by atoms with E-state index < -0.39 is 35.2 Å². The number of nitrogens with one attached hydrogen (secondary N) is 2. The maximum absolute atomic E-state index is 12.6. The molecule has 0 saturated carbocycles. The molecular formula is C21H23N3O6. The van der Waals surface area contributed by atoms with E-state index in [0.29, 0.717) is 0 Å². The van der Waals surface area contributed by atoms with Crippen LogP contribution in [0.3, 0.4) is 0 Å². The van der Waals surface area contributed by atoms with Crippen LogP contribution >= 0.6 is 0 Å². The van der Waals surface area contributed by atoms with Crippen LogP contribution in [0, 0.1) is 16.0 Å². The Balaban J connectivity index is 1.87. The highest BCUT2D eigenvalue weighted by molar-refractivity contribution is 5.95. The molecule has 158 valence electrons. The normalized spacial score (nSPS) is 12.3. The van der Waals surface area contributed by atoms with Crippen LogP contribution < -0.4 is 10.9 Å². The molecular weight excluding hydrogens is 390 g/mol. The number of ether oxygens (including phenoxy) is 1. The summed E-state index contributed by atoms with van der Waals surface area (Å²) < 4.78 is 5.15. The molecule has 0 unspecified atom stereocenters. The number of non-ortho nitro benzene ring substituents is 1. The fourth-order valence-corrected chi connectivity index (χ4v) is 2.79. The third kappa shape index (κ3) is 6.13. The smallest absolute Gasteiger partial charge is 0.314 e. The van der Waals surface area contributed by atoms with Gasteiger partial charge in [-0.2, -0.15) is 0 Å². The molecule has 0 saturated heterocycles. The second-order valence-electron chi connectivity index (χ2n) is 6.69. The monoisotopic (exact) mass is 413 g/mol. The zero-order valence-electron chi connectivity index (χ0n) is 16.7. The minimum Gasteiger partial charge on any atom is -0.455 e. The van der Waals surface area contributed by atoms with Crippen LogP contribution in [-0.2, 0) is 14.3 Å². The molecule has 0 aliphatic rings. The second-order valence-corrected chi connectivity index (χ2v) is 6.69. The summed E-state index contributed by atoms with van der Waals surface area (Å²) in [6.07, 6.45) is 0.756. The van der Waals surface area contributed by atoms with Gasteiger partial charge in [0.2, 0.25) is 0 Å². The first-order valence-electron chi connectivity index (χ1n) is 9.38. The number of amides is 2. The number of nitro groups is 1. The molecule has 2 aromatic carbocycles. The molecule has 0 aliphatic heterocycles. The zero-order valence-corrected chi connectivity index (χ0v) is 16.7. The molecule has 9 heteroatoms. The minimum absolute atomic E-state index is 0.0183. The van der Waals surface area contributed by atoms with Gasteiger partial charge in [0.25, 0.3) is 17.5 Å². The van der Waals surface area contributed by atoms with Crippen molar-refractivity contribution in [2.24, 2.45) is 5.92 Å². The first kappa shape index (κ1) is 22.5. The SMILES string of the molecule is CC[C@@H](C)[C@H](C(=O)OCC(=O)NNC(=O)c1ccc([N+](=O)[O-])cc1)c1ccccc1. The Morgan fingerprint density at radius 3 is 2.23 bits per heavy atom. The van der Waals surface area contributed by atoms with Gasteiger partial charge in [0.15, 0.2) is 6.61 Å². The van der Waals surface area contributed by atoms with E-state index in [0.717, 1.165) is 12.0 Å². The number of hydrazine groups is 1. The summed E-state index contributed by atoms with van der Waals surface area (Å²) in [6.45, 7) is 3.34. The molecule has 30 heavy (non-hydrogen) atoms. The standard InChI is InChI=1S/C21H23N3O6/c1-3-14(2)19(15-7-5-4-6-8-15)21(27)30-13-18(25)22-23-20(26)16-9-11-17(12-10-16)24(28)29/h4-12,14,19H,3,13H2,1-2H3,(H,22,25)(H,23,26)/t14-,19+/m1/s1. The largest absolute Gasteiger partial charge is 0.455 e. The number of carbonyl (C=O) groups is 3. The van der Waals surface area contributed by atoms with E-state index in [1.165, 1.54) is 24.3 Å². The van der Waals surface area contributed by atoms with Gasteiger partial charge in [-0.05, 0) is 23.6 Å². The predicted octanol–water partition coefficient (Wildman–Crippen LogP) is 2.73. The number of carbonyl (C=O) groups excluding carboxylic acids is 3. The maximum atomic E-state index is 12.6. The van der Waals surface area contributed by atoms with Crippen molar-refractivity contribution in [3.8, 4) is 0 Å². The van der Waals surface area contributed by atoms with Crippen molar-refractivity contribution in [1.29, 1.82) is 0 Å². The van der Waals surface area contributed by atoms with Crippen molar-refractivity contribution in [3.63, 3.8) is 0 Å². The lowest BCUT2D eigenvalue weighted by Gasteiger charge is -2.21. The van der Waals surface area contributed by atoms with Gasteiger partial charge in [-0.1, -0.05) is 50.6 Å². The van der Waals surface area contributed by atoms with E-state index in [2.05, 4.69) is 10.9 Å². The number of hydrogen-bond donors (Lipinski definition) is 2. The summed E-state index contributed by atoms with van der Waals surface area (Å²) in [4.78, 5) is 46.5. The number of rotatable bonds is 8. The van der Waals surface area contributed by atoms with Crippen molar-refractivity contribution in [1.82, 2.24) is 10.9 Å². The Morgan fingerprint density at radius 2 is 1.67 bits per heavy atom. The first-order chi connectivity index (χ1) is 14.3. The van der Waals surface area contributed by atoms with Crippen LogP contribution in [0.2, 0.25) is 0 Å². The van der Waals surface area contributed by atoms with Crippen molar-refractivity contribution in [2.45, 2.75) is 26.2 Å². The second kappa shape index (κ2) is 10.7. The van der Waals surface area contributed by atoms with Crippen LogP contribution in [0.1, 0.15) is 42.1 Å². The lowest BCUT2D eigenvalue weighted by atomic mass is 9.86. The average Bonchev–Trinajstić information content (AvgIpc) is 2.76. The molecule has 2 amide bonds. The van der Waals surface area contributed by atoms with Gasteiger partial charge in [0.05, 0.1) is 10.8 Å². The molecule has 9 nitrogen and oxygen atoms in total. The first-order valence-corrected chi connectivity index (χ1v) is 9.38. The molecule has 0 fully saturated rings. The van der Waals surface area contributed by atoms with Gasteiger partial charge >= 0.3 is 5.97 Å². The van der Waals surface area contributed by atoms with E-state index in [9.17, 15) is 24.5 Å². The Kier molecular flexibility index (Phi) is 8.04. The third-order valence-corrected chi connectivity index (χ3v) is 4.63. The predicted molar refractivity (Wildman–Crippen MR) is 108 cm³/mol. The van der Waals surface area contributed by atoms with Crippen LogP contribution in [-0.4, -0.2) is 29.3 Å². The lowest BCUT2D eigenvalue weighted by Crippen LogP contribution is -2.43. The molecule has 0 bridgehead atoms. The van der Waals surface area contributed by atoms with Gasteiger partial charge in [-0.3, -0.25) is 35.3 Å². The van der Waals surface area contributed by atoms with Crippen LogP contribution in [0.5, 0.6) is 0 Å². The third-order valence-electron chi connectivity index (χ3n) is 4.63. The summed E-state index contributed by atoms with van der Waals surface area (Å²) in [5.41, 5.74) is 5.09. The summed E-state index contributed by atoms with van der Waals surface area (Å²) in [5, 5.41) is 10.6. The number of benzene rings is 2. The minimum atomic E-state index is -0.713. The van der Waals surface area contributed by atoms with Gasteiger partial charge in [0.1, 0.15) is 0 Å². The Bertz CT molecular complexity index is 899. The number of nitro benzene ring substituents is 1. The molecule has 2 rings (SSSR count). The van der Waals surface area contributed by atoms with E-state index in [1.54, 1.807) is 0 Å². The molecule has 2 N–H and O–H groups in total. The summed E-state index contributed by atoms with van der Waals surface area (Å²) >= 11 is 0. The van der Waals surface area contributed by atoms with E-state index in [4.69, 9.17) is 4.74 Å². The molecule has 0 aromatic heterocycles. The van der Waals surface area contributed by atoms with Gasteiger partial charge in [-0.15, -0.1) is 0 Å². The number of nitrogens with zero attached hydrogens (tertiary/aromatic N) is 1. The Labute approximate surface area is 173 Å². The fourth-order valence-electron chi connectivity index (χ4n) is 2.79. The van der Waals surface area contributed by atoms with E-state index in [1.807, 2.05) is 44.2 Å². The fraction of sp³-hybridized carbons (Fsp3) is 0.286.